The van der Waals surface area contributed by atoms with E-state index in [2.05, 4.69) is 15.4 Å². The summed E-state index contributed by atoms with van der Waals surface area (Å²) >= 11 is 0. The third-order valence-corrected chi connectivity index (χ3v) is 2.49. The third-order valence-electron chi connectivity index (χ3n) is 2.49. The van der Waals surface area contributed by atoms with Crippen molar-refractivity contribution in [1.29, 1.82) is 0 Å². The van der Waals surface area contributed by atoms with Gasteiger partial charge in [0.2, 0.25) is 0 Å². The van der Waals surface area contributed by atoms with Gasteiger partial charge in [0.05, 0.1) is 36.5 Å². The van der Waals surface area contributed by atoms with Crippen molar-refractivity contribution < 1.29 is 14.3 Å². The van der Waals surface area contributed by atoms with Gasteiger partial charge in [0.15, 0.2) is 0 Å². The molecule has 1 N–H and O–H groups in total. The van der Waals surface area contributed by atoms with Crippen molar-refractivity contribution in [3.63, 3.8) is 0 Å². The average Bonchev–Trinajstić information content (AvgIpc) is 2.82. The predicted octanol–water partition coefficient (Wildman–Crippen LogP) is 0.412. The molecule has 2 rings (SSSR count). The zero-order valence-corrected chi connectivity index (χ0v) is 10.5. The highest BCUT2D eigenvalue weighted by atomic mass is 16.5. The molecule has 0 aliphatic carbocycles. The van der Waals surface area contributed by atoms with Gasteiger partial charge in [-0.05, 0) is 6.92 Å². The molecule has 0 radical (unpaired) electrons. The van der Waals surface area contributed by atoms with Crippen LogP contribution in [0, 0.1) is 0 Å². The first kappa shape index (κ1) is 13.0. The zero-order valence-electron chi connectivity index (χ0n) is 10.5. The van der Waals surface area contributed by atoms with E-state index in [-0.39, 0.29) is 24.8 Å². The summed E-state index contributed by atoms with van der Waals surface area (Å²) in [4.78, 5) is 27.0. The SMILES string of the molecule is CCOC(=O)CCNC(=O)c1cnn2ccncc12. The number of hydrogen-bond donors (Lipinski definition) is 1. The van der Waals surface area contributed by atoms with E-state index in [0.717, 1.165) is 0 Å². The molecule has 0 aromatic carbocycles. The molecule has 0 aliphatic rings. The molecule has 0 unspecified atom stereocenters. The number of carbonyl (C=O) groups is 2. The highest BCUT2D eigenvalue weighted by molar-refractivity contribution is 6.00. The minimum absolute atomic E-state index is 0.150. The molecule has 0 bridgehead atoms. The van der Waals surface area contributed by atoms with Gasteiger partial charge in [-0.2, -0.15) is 5.10 Å². The Labute approximate surface area is 109 Å². The maximum absolute atomic E-state index is 11.9. The molecular formula is C12H14N4O3. The minimum Gasteiger partial charge on any atom is -0.466 e. The average molecular weight is 262 g/mol. The van der Waals surface area contributed by atoms with Gasteiger partial charge in [-0.15, -0.1) is 0 Å². The van der Waals surface area contributed by atoms with E-state index < -0.39 is 0 Å². The Hall–Kier alpha value is -2.44. The number of ether oxygens (including phenoxy) is 1. The smallest absolute Gasteiger partial charge is 0.307 e. The monoisotopic (exact) mass is 262 g/mol. The molecule has 0 saturated heterocycles. The Bertz CT molecular complexity index is 593. The summed E-state index contributed by atoms with van der Waals surface area (Å²) in [7, 11) is 0. The van der Waals surface area contributed by atoms with Crippen LogP contribution in [-0.4, -0.2) is 39.6 Å². The van der Waals surface area contributed by atoms with Gasteiger partial charge in [-0.1, -0.05) is 0 Å². The van der Waals surface area contributed by atoms with Crippen LogP contribution < -0.4 is 5.32 Å². The summed E-state index contributed by atoms with van der Waals surface area (Å²) in [6.07, 6.45) is 6.42. The molecular weight excluding hydrogens is 248 g/mol. The molecule has 7 nitrogen and oxygen atoms in total. The summed E-state index contributed by atoms with van der Waals surface area (Å²) in [5.41, 5.74) is 1.05. The van der Waals surface area contributed by atoms with Gasteiger partial charge in [-0.3, -0.25) is 14.6 Å². The van der Waals surface area contributed by atoms with Crippen LogP contribution in [0.3, 0.4) is 0 Å². The molecule has 2 aromatic rings. The van der Waals surface area contributed by atoms with E-state index in [4.69, 9.17) is 4.74 Å². The number of carbonyl (C=O) groups excluding carboxylic acids is 2. The molecule has 19 heavy (non-hydrogen) atoms. The second-order valence-corrected chi connectivity index (χ2v) is 3.78. The number of nitrogens with zero attached hydrogens (tertiary/aromatic N) is 3. The Balaban J connectivity index is 1.95. The number of aromatic nitrogens is 3. The lowest BCUT2D eigenvalue weighted by Gasteiger charge is -2.04. The first-order valence-corrected chi connectivity index (χ1v) is 5.93. The lowest BCUT2D eigenvalue weighted by Crippen LogP contribution is -2.26. The number of hydrogen-bond acceptors (Lipinski definition) is 5. The third kappa shape index (κ3) is 3.06. The normalized spacial score (nSPS) is 10.4. The largest absolute Gasteiger partial charge is 0.466 e. The van der Waals surface area contributed by atoms with Crippen molar-refractivity contribution in [3.05, 3.63) is 30.4 Å². The van der Waals surface area contributed by atoms with Gasteiger partial charge in [0.25, 0.3) is 5.91 Å². The molecule has 2 aromatic heterocycles. The van der Waals surface area contributed by atoms with Crippen LogP contribution in [0.5, 0.6) is 0 Å². The molecule has 2 heterocycles. The van der Waals surface area contributed by atoms with Gasteiger partial charge in [-0.25, -0.2) is 4.52 Å². The van der Waals surface area contributed by atoms with Crippen molar-refractivity contribution in [2.24, 2.45) is 0 Å². The summed E-state index contributed by atoms with van der Waals surface area (Å²) in [6, 6.07) is 0. The molecule has 100 valence electrons. The van der Waals surface area contributed by atoms with E-state index in [1.54, 1.807) is 30.0 Å². The van der Waals surface area contributed by atoms with E-state index in [1.165, 1.54) is 6.20 Å². The van der Waals surface area contributed by atoms with Crippen LogP contribution in [0.1, 0.15) is 23.7 Å². The van der Waals surface area contributed by atoms with Gasteiger partial charge >= 0.3 is 5.97 Å². The fourth-order valence-corrected chi connectivity index (χ4v) is 1.62. The van der Waals surface area contributed by atoms with Crippen LogP contribution in [0.4, 0.5) is 0 Å². The maximum Gasteiger partial charge on any atom is 0.307 e. The number of fused-ring (bicyclic) bond motifs is 1. The van der Waals surface area contributed by atoms with Gasteiger partial charge in [0.1, 0.15) is 0 Å². The lowest BCUT2D eigenvalue weighted by atomic mass is 10.2. The number of amides is 1. The maximum atomic E-state index is 11.9. The van der Waals surface area contributed by atoms with Crippen LogP contribution in [-0.2, 0) is 9.53 Å². The van der Waals surface area contributed by atoms with E-state index in [9.17, 15) is 9.59 Å². The Morgan fingerprint density at radius 1 is 1.42 bits per heavy atom. The Morgan fingerprint density at radius 2 is 2.26 bits per heavy atom. The second-order valence-electron chi connectivity index (χ2n) is 3.78. The van der Waals surface area contributed by atoms with Crippen LogP contribution >= 0.6 is 0 Å². The van der Waals surface area contributed by atoms with Crippen molar-refractivity contribution >= 4 is 17.4 Å². The Kier molecular flexibility index (Phi) is 4.07. The fourth-order valence-electron chi connectivity index (χ4n) is 1.62. The second kappa shape index (κ2) is 5.94. The van der Waals surface area contributed by atoms with E-state index in [0.29, 0.717) is 17.7 Å². The quantitative estimate of drug-likeness (QED) is 0.789. The number of esters is 1. The van der Waals surface area contributed by atoms with Gasteiger partial charge < -0.3 is 10.1 Å². The molecule has 7 heteroatoms. The summed E-state index contributed by atoms with van der Waals surface area (Å²) in [6.45, 7) is 2.31. The first-order valence-electron chi connectivity index (χ1n) is 5.93. The molecule has 0 saturated carbocycles. The van der Waals surface area contributed by atoms with Crippen molar-refractivity contribution in [2.75, 3.05) is 13.2 Å². The molecule has 1 amide bonds. The molecule has 0 fully saturated rings. The van der Waals surface area contributed by atoms with Crippen LogP contribution in [0.25, 0.3) is 5.52 Å². The summed E-state index contributed by atoms with van der Waals surface area (Å²) < 4.78 is 6.33. The van der Waals surface area contributed by atoms with Crippen LogP contribution in [0.2, 0.25) is 0 Å². The summed E-state index contributed by atoms with van der Waals surface area (Å²) in [5.74, 6) is -0.614. The van der Waals surface area contributed by atoms with Gasteiger partial charge in [0, 0.05) is 18.9 Å². The van der Waals surface area contributed by atoms with E-state index >= 15 is 0 Å². The van der Waals surface area contributed by atoms with Crippen molar-refractivity contribution in [2.45, 2.75) is 13.3 Å². The fraction of sp³-hybridized carbons (Fsp3) is 0.333. The molecule has 0 spiro atoms. The van der Waals surface area contributed by atoms with Crippen LogP contribution in [0.15, 0.2) is 24.8 Å². The number of nitrogens with one attached hydrogen (secondary N) is 1. The summed E-state index contributed by atoms with van der Waals surface area (Å²) in [5, 5.41) is 6.68. The van der Waals surface area contributed by atoms with E-state index in [1.807, 2.05) is 0 Å². The number of rotatable bonds is 5. The first-order chi connectivity index (χ1) is 9.22. The highest BCUT2D eigenvalue weighted by Gasteiger charge is 2.12. The zero-order chi connectivity index (χ0) is 13.7. The standard InChI is InChI=1S/C12H14N4O3/c1-2-19-11(17)3-4-14-12(18)9-7-15-16-6-5-13-8-10(9)16/h5-8H,2-4H2,1H3,(H,14,18). The van der Waals surface area contributed by atoms with Crippen molar-refractivity contribution in [3.8, 4) is 0 Å². The topological polar surface area (TPSA) is 85.6 Å². The predicted molar refractivity (Wildman–Crippen MR) is 66.6 cm³/mol. The minimum atomic E-state index is -0.329. The lowest BCUT2D eigenvalue weighted by molar-refractivity contribution is -0.142. The highest BCUT2D eigenvalue weighted by Crippen LogP contribution is 2.07. The molecule has 0 atom stereocenters. The molecule has 0 aliphatic heterocycles. The Morgan fingerprint density at radius 3 is 3.05 bits per heavy atom. The van der Waals surface area contributed by atoms with Crippen molar-refractivity contribution in [1.82, 2.24) is 19.9 Å².